The van der Waals surface area contributed by atoms with Gasteiger partial charge in [-0.1, -0.05) is 26.8 Å². The van der Waals surface area contributed by atoms with Crippen LogP contribution in [-0.2, 0) is 19.1 Å². The van der Waals surface area contributed by atoms with Gasteiger partial charge in [-0.15, -0.1) is 0 Å². The van der Waals surface area contributed by atoms with Gasteiger partial charge in [0.05, 0.1) is 6.10 Å². The van der Waals surface area contributed by atoms with Gasteiger partial charge in [-0.05, 0) is 37.2 Å². The van der Waals surface area contributed by atoms with E-state index in [2.05, 4.69) is 0 Å². The number of hydrogen-bond donors (Lipinski definition) is 1. The molecule has 9 atom stereocenters. The fourth-order valence-electron chi connectivity index (χ4n) is 7.94. The van der Waals surface area contributed by atoms with Crippen LogP contribution in [-0.4, -0.2) is 47.2 Å². The smallest absolute Gasteiger partial charge is 0.303 e. The van der Waals surface area contributed by atoms with Crippen LogP contribution in [0.15, 0.2) is 23.6 Å². The van der Waals surface area contributed by atoms with E-state index in [1.54, 1.807) is 20.8 Å². The van der Waals surface area contributed by atoms with Gasteiger partial charge in [0, 0.05) is 35.2 Å². The number of aliphatic hydroxyl groups is 1. The zero-order valence-electron chi connectivity index (χ0n) is 18.7. The molecular formula is C24H29F3O5. The maximum atomic E-state index is 15.4. The van der Waals surface area contributed by atoms with Gasteiger partial charge in [-0.25, -0.2) is 13.2 Å². The van der Waals surface area contributed by atoms with Crippen molar-refractivity contribution in [1.82, 2.24) is 0 Å². The fourth-order valence-corrected chi connectivity index (χ4v) is 7.94. The molecule has 0 aliphatic heterocycles. The number of esters is 1. The first-order valence-corrected chi connectivity index (χ1v) is 11.1. The van der Waals surface area contributed by atoms with Crippen molar-refractivity contribution in [3.63, 3.8) is 0 Å². The maximum Gasteiger partial charge on any atom is 0.303 e. The largest absolute Gasteiger partial charge is 0.450 e. The van der Waals surface area contributed by atoms with E-state index in [0.29, 0.717) is 6.42 Å². The number of aliphatic hydroxyl groups excluding tert-OH is 1. The maximum absolute atomic E-state index is 15.4. The summed E-state index contributed by atoms with van der Waals surface area (Å²) in [5.41, 5.74) is -4.32. The highest BCUT2D eigenvalue weighted by molar-refractivity contribution is 6.04. The van der Waals surface area contributed by atoms with E-state index in [0.717, 1.165) is 13.0 Å². The lowest BCUT2D eigenvalue weighted by Crippen LogP contribution is -2.64. The molecule has 0 saturated heterocycles. The van der Waals surface area contributed by atoms with E-state index in [1.165, 1.54) is 6.08 Å². The third kappa shape index (κ3) is 2.71. The number of halogens is 3. The van der Waals surface area contributed by atoms with E-state index in [1.807, 2.05) is 0 Å². The Labute approximate surface area is 185 Å². The zero-order valence-corrected chi connectivity index (χ0v) is 18.7. The molecule has 0 aromatic heterocycles. The minimum absolute atomic E-state index is 0.00538. The Morgan fingerprint density at radius 3 is 2.53 bits per heavy atom. The van der Waals surface area contributed by atoms with Gasteiger partial charge in [-0.2, -0.15) is 0 Å². The molecular weight excluding hydrogens is 425 g/mol. The van der Waals surface area contributed by atoms with E-state index >= 15 is 4.39 Å². The van der Waals surface area contributed by atoms with Crippen LogP contribution >= 0.6 is 0 Å². The van der Waals surface area contributed by atoms with Crippen molar-refractivity contribution in [2.45, 2.75) is 64.8 Å². The summed E-state index contributed by atoms with van der Waals surface area (Å²) in [7, 11) is 0. The molecule has 4 rings (SSSR count). The molecule has 0 spiro atoms. The molecule has 3 saturated carbocycles. The normalized spacial score (nSPS) is 47.6. The quantitative estimate of drug-likeness (QED) is 0.660. The van der Waals surface area contributed by atoms with Crippen molar-refractivity contribution in [1.29, 1.82) is 0 Å². The van der Waals surface area contributed by atoms with Crippen LogP contribution in [0, 0.1) is 34.5 Å². The summed E-state index contributed by atoms with van der Waals surface area (Å²) in [5.74, 6) is -5.57. The lowest BCUT2D eigenvalue weighted by Gasteiger charge is -2.60. The van der Waals surface area contributed by atoms with Gasteiger partial charge in [0.2, 0.25) is 11.6 Å². The first-order valence-electron chi connectivity index (χ1n) is 11.1. The summed E-state index contributed by atoms with van der Waals surface area (Å²) < 4.78 is 49.5. The van der Waals surface area contributed by atoms with Crippen molar-refractivity contribution in [2.24, 2.45) is 34.5 Å². The molecule has 0 aromatic carbocycles. The molecule has 0 aromatic rings. The lowest BCUT2D eigenvalue weighted by molar-refractivity contribution is -0.204. The van der Waals surface area contributed by atoms with Crippen LogP contribution in [0.3, 0.4) is 0 Å². The van der Waals surface area contributed by atoms with Crippen LogP contribution in [0.2, 0.25) is 0 Å². The summed E-state index contributed by atoms with van der Waals surface area (Å²) in [6.07, 6.45) is -0.0297. The Hall–Kier alpha value is -1.96. The number of hydrogen-bond acceptors (Lipinski definition) is 5. The molecule has 176 valence electrons. The standard InChI is InChI=1S/C24H29F3O5/c1-11-7-14-13-8-15(26)20-21(27)16(29)5-6-22(20,3)19(13)17(30)9-23(14,4)24(11,18(31)10-25)32-12(2)28/h5-6,11,13-15,17,19,30H,7-10H2,1-4H3/t11-,13+,14+,15+,17+,19-,22-,23+,24+/m1/s1. The Bertz CT molecular complexity index is 944. The van der Waals surface area contributed by atoms with Crippen LogP contribution < -0.4 is 0 Å². The average Bonchev–Trinajstić information content (AvgIpc) is 2.91. The average molecular weight is 454 g/mol. The number of rotatable bonds is 3. The number of carbonyl (C=O) groups excluding carboxylic acids is 3. The predicted molar refractivity (Wildman–Crippen MR) is 108 cm³/mol. The van der Waals surface area contributed by atoms with Gasteiger partial charge < -0.3 is 9.84 Å². The van der Waals surface area contributed by atoms with Crippen LogP contribution in [0.1, 0.15) is 47.0 Å². The second kappa shape index (κ2) is 7.27. The molecule has 5 nitrogen and oxygen atoms in total. The Morgan fingerprint density at radius 1 is 1.28 bits per heavy atom. The van der Waals surface area contributed by atoms with Gasteiger partial charge in [0.1, 0.15) is 6.17 Å². The molecule has 4 aliphatic rings. The van der Waals surface area contributed by atoms with Gasteiger partial charge >= 0.3 is 5.97 Å². The predicted octanol–water partition coefficient (Wildman–Crippen LogP) is 3.60. The highest BCUT2D eigenvalue weighted by atomic mass is 19.1. The lowest BCUT2D eigenvalue weighted by atomic mass is 9.45. The van der Waals surface area contributed by atoms with Gasteiger partial charge in [0.15, 0.2) is 18.1 Å². The summed E-state index contributed by atoms with van der Waals surface area (Å²) >= 11 is 0. The number of Topliss-reactive ketones (excluding diaryl/α,β-unsaturated/α-hetero) is 1. The van der Waals surface area contributed by atoms with E-state index in [4.69, 9.17) is 4.74 Å². The molecule has 0 unspecified atom stereocenters. The van der Waals surface area contributed by atoms with Crippen LogP contribution in [0.4, 0.5) is 13.2 Å². The second-order valence-corrected chi connectivity index (χ2v) is 10.4. The number of carbonyl (C=O) groups is 3. The Morgan fingerprint density at radius 2 is 1.94 bits per heavy atom. The van der Waals surface area contributed by atoms with E-state index in [-0.39, 0.29) is 24.3 Å². The monoisotopic (exact) mass is 454 g/mol. The molecule has 32 heavy (non-hydrogen) atoms. The first kappa shape index (κ1) is 23.2. The van der Waals surface area contributed by atoms with Crippen molar-refractivity contribution in [3.8, 4) is 0 Å². The van der Waals surface area contributed by atoms with Crippen LogP contribution in [0.25, 0.3) is 0 Å². The third-order valence-corrected chi connectivity index (χ3v) is 8.93. The van der Waals surface area contributed by atoms with Crippen molar-refractivity contribution in [3.05, 3.63) is 23.6 Å². The number of ketones is 2. The van der Waals surface area contributed by atoms with Crippen molar-refractivity contribution in [2.75, 3.05) is 6.67 Å². The second-order valence-electron chi connectivity index (χ2n) is 10.4. The third-order valence-electron chi connectivity index (χ3n) is 8.93. The van der Waals surface area contributed by atoms with E-state index < -0.39 is 76.5 Å². The summed E-state index contributed by atoms with van der Waals surface area (Å²) in [6, 6.07) is 0. The van der Waals surface area contributed by atoms with E-state index in [9.17, 15) is 28.3 Å². The van der Waals surface area contributed by atoms with Crippen LogP contribution in [0.5, 0.6) is 0 Å². The van der Waals surface area contributed by atoms with Crippen molar-refractivity contribution >= 4 is 17.5 Å². The number of ether oxygens (including phenoxy) is 1. The Kier molecular flexibility index (Phi) is 5.27. The summed E-state index contributed by atoms with van der Waals surface area (Å²) in [4.78, 5) is 36.8. The number of alkyl halides is 2. The SMILES string of the molecule is CC(=O)O[C@]1(C(=O)CF)[C@H](C)C[C@H]2[C@@H]3C[C@H](F)C4=C(F)C(=O)C=C[C@]4(C)[C@H]3[C@@H](O)C[C@@]21C. The first-order chi connectivity index (χ1) is 14.8. The molecule has 1 N–H and O–H groups in total. The molecule has 0 amide bonds. The zero-order chi connectivity index (χ0) is 23.8. The topological polar surface area (TPSA) is 80.7 Å². The fraction of sp³-hybridized carbons (Fsp3) is 0.708. The molecule has 8 heteroatoms. The minimum Gasteiger partial charge on any atom is -0.450 e. The minimum atomic E-state index is -1.77. The molecule has 4 aliphatic carbocycles. The highest BCUT2D eigenvalue weighted by Gasteiger charge is 2.73. The van der Waals surface area contributed by atoms with Gasteiger partial charge in [0.25, 0.3) is 0 Å². The Balaban J connectivity index is 1.86. The molecule has 0 heterocycles. The van der Waals surface area contributed by atoms with Gasteiger partial charge in [-0.3, -0.25) is 14.4 Å². The molecule has 0 bridgehead atoms. The highest BCUT2D eigenvalue weighted by Crippen LogP contribution is 2.69. The van der Waals surface area contributed by atoms with Crippen molar-refractivity contribution < 1.29 is 37.4 Å². The summed E-state index contributed by atoms with van der Waals surface area (Å²) in [6.45, 7) is 4.88. The molecule has 3 fully saturated rings. The summed E-state index contributed by atoms with van der Waals surface area (Å²) in [5, 5.41) is 11.3. The number of allylic oxidation sites excluding steroid dienone is 4. The number of fused-ring (bicyclic) bond motifs is 5. The molecule has 0 radical (unpaired) electrons.